The summed E-state index contributed by atoms with van der Waals surface area (Å²) < 4.78 is 5.48. The first-order chi connectivity index (χ1) is 9.09. The molecule has 1 saturated carbocycles. The van der Waals surface area contributed by atoms with Gasteiger partial charge in [-0.25, -0.2) is 0 Å². The second-order valence-electron chi connectivity index (χ2n) is 6.39. The molecule has 2 atom stereocenters. The van der Waals surface area contributed by atoms with Crippen molar-refractivity contribution < 1.29 is 4.74 Å². The Balaban J connectivity index is 2.01. The van der Waals surface area contributed by atoms with Gasteiger partial charge in [0, 0.05) is 26.2 Å². The summed E-state index contributed by atoms with van der Waals surface area (Å²) in [4.78, 5) is 2.41. The van der Waals surface area contributed by atoms with Gasteiger partial charge < -0.3 is 4.74 Å². The van der Waals surface area contributed by atoms with Crippen molar-refractivity contribution in [1.29, 1.82) is 5.26 Å². The summed E-state index contributed by atoms with van der Waals surface area (Å²) in [5, 5.41) is 13.3. The van der Waals surface area contributed by atoms with E-state index in [0.717, 1.165) is 26.1 Å². The average molecular weight is 265 g/mol. The third kappa shape index (κ3) is 3.68. The number of hydrogen-bond donors (Lipinski definition) is 1. The van der Waals surface area contributed by atoms with E-state index in [0.29, 0.717) is 18.1 Å². The van der Waals surface area contributed by atoms with Crippen LogP contribution >= 0.6 is 0 Å². The number of nitrogens with one attached hydrogen (secondary N) is 1. The molecule has 2 rings (SSSR count). The van der Waals surface area contributed by atoms with E-state index in [2.05, 4.69) is 30.1 Å². The molecule has 108 valence electrons. The highest BCUT2D eigenvalue weighted by Crippen LogP contribution is 2.40. The Morgan fingerprint density at radius 3 is 2.68 bits per heavy atom. The van der Waals surface area contributed by atoms with Gasteiger partial charge in [0.15, 0.2) is 0 Å². The molecule has 0 aromatic rings. The van der Waals surface area contributed by atoms with Gasteiger partial charge in [0.1, 0.15) is 5.54 Å². The molecule has 1 saturated heterocycles. The summed E-state index contributed by atoms with van der Waals surface area (Å²) in [6.07, 6.45) is 5.03. The largest absolute Gasteiger partial charge is 0.380 e. The minimum atomic E-state index is -0.357. The summed E-state index contributed by atoms with van der Waals surface area (Å²) >= 11 is 0. The highest BCUT2D eigenvalue weighted by molar-refractivity contribution is 5.17. The van der Waals surface area contributed by atoms with Gasteiger partial charge >= 0.3 is 0 Å². The Hall–Kier alpha value is -0.630. The van der Waals surface area contributed by atoms with Crippen LogP contribution < -0.4 is 5.32 Å². The molecule has 0 spiro atoms. The lowest BCUT2D eigenvalue weighted by Crippen LogP contribution is -2.58. The molecule has 0 radical (unpaired) electrons. The quantitative estimate of drug-likeness (QED) is 0.795. The van der Waals surface area contributed by atoms with Gasteiger partial charge in [0.05, 0.1) is 12.2 Å². The maximum Gasteiger partial charge on any atom is 0.122 e. The Labute approximate surface area is 117 Å². The molecule has 1 N–H and O–H groups in total. The molecule has 2 unspecified atom stereocenters. The van der Waals surface area contributed by atoms with Crippen LogP contribution in [-0.2, 0) is 4.74 Å². The number of methoxy groups -OCH3 is 1. The maximum absolute atomic E-state index is 9.72. The zero-order chi connectivity index (χ0) is 13.9. The minimum Gasteiger partial charge on any atom is -0.380 e. The maximum atomic E-state index is 9.72. The Morgan fingerprint density at radius 2 is 2.16 bits per heavy atom. The first-order valence-electron chi connectivity index (χ1n) is 7.53. The third-order valence-corrected chi connectivity index (χ3v) is 4.29. The van der Waals surface area contributed by atoms with E-state index in [1.54, 1.807) is 7.11 Å². The first kappa shape index (κ1) is 14.8. The van der Waals surface area contributed by atoms with E-state index in [1.165, 1.54) is 19.3 Å². The monoisotopic (exact) mass is 265 g/mol. The Bertz CT molecular complexity index is 335. The summed E-state index contributed by atoms with van der Waals surface area (Å²) in [5.41, 5.74) is -0.357. The number of nitriles is 1. The summed E-state index contributed by atoms with van der Waals surface area (Å²) in [6.45, 7) is 7.15. The van der Waals surface area contributed by atoms with E-state index in [1.807, 2.05) is 0 Å². The molecule has 1 aliphatic heterocycles. The molecule has 2 fully saturated rings. The number of piperidine rings is 1. The molecule has 0 amide bonds. The molecular weight excluding hydrogens is 238 g/mol. The van der Waals surface area contributed by atoms with Crippen LogP contribution in [0.4, 0.5) is 0 Å². The van der Waals surface area contributed by atoms with Crippen LogP contribution in [0, 0.1) is 17.2 Å². The third-order valence-electron chi connectivity index (χ3n) is 4.29. The Kier molecular flexibility index (Phi) is 4.83. The van der Waals surface area contributed by atoms with Crippen LogP contribution in [0.5, 0.6) is 0 Å². The van der Waals surface area contributed by atoms with E-state index in [-0.39, 0.29) is 5.54 Å². The summed E-state index contributed by atoms with van der Waals surface area (Å²) in [7, 11) is 1.79. The van der Waals surface area contributed by atoms with Crippen LogP contribution in [0.1, 0.15) is 39.5 Å². The Morgan fingerprint density at radius 1 is 1.42 bits per heavy atom. The molecule has 1 heterocycles. The second-order valence-corrected chi connectivity index (χ2v) is 6.39. The lowest BCUT2D eigenvalue weighted by atomic mass is 9.92. The molecule has 1 aliphatic carbocycles. The van der Waals surface area contributed by atoms with E-state index in [4.69, 9.17) is 4.74 Å². The first-order valence-corrected chi connectivity index (χ1v) is 7.53. The van der Waals surface area contributed by atoms with Gasteiger partial charge in [-0.15, -0.1) is 0 Å². The molecule has 4 heteroatoms. The molecule has 0 aromatic carbocycles. The molecular formula is C15H27N3O. The van der Waals surface area contributed by atoms with Gasteiger partial charge in [-0.2, -0.15) is 5.26 Å². The fourth-order valence-electron chi connectivity index (χ4n) is 3.24. The standard InChI is InChI=1S/C15H27N3O/c1-12(2)17-15(10-16,13-6-7-13)11-18-8-4-5-14(9-18)19-3/h12-14,17H,4-9,11H2,1-3H3. The zero-order valence-electron chi connectivity index (χ0n) is 12.5. The predicted molar refractivity (Wildman–Crippen MR) is 75.8 cm³/mol. The zero-order valence-corrected chi connectivity index (χ0v) is 12.5. The molecule has 4 nitrogen and oxygen atoms in total. The van der Waals surface area contributed by atoms with Crippen LogP contribution in [0.3, 0.4) is 0 Å². The van der Waals surface area contributed by atoms with E-state index < -0.39 is 0 Å². The summed E-state index contributed by atoms with van der Waals surface area (Å²) in [6, 6.07) is 2.95. The van der Waals surface area contributed by atoms with E-state index in [9.17, 15) is 5.26 Å². The van der Waals surface area contributed by atoms with Gasteiger partial charge in [0.2, 0.25) is 0 Å². The number of hydrogen-bond acceptors (Lipinski definition) is 4. The van der Waals surface area contributed by atoms with Crippen molar-refractivity contribution in [3.05, 3.63) is 0 Å². The minimum absolute atomic E-state index is 0.336. The highest BCUT2D eigenvalue weighted by Gasteiger charge is 2.47. The van der Waals surface area contributed by atoms with Gasteiger partial charge in [0.25, 0.3) is 0 Å². The lowest BCUT2D eigenvalue weighted by molar-refractivity contribution is 0.0222. The van der Waals surface area contributed by atoms with Crippen LogP contribution in [0.2, 0.25) is 0 Å². The normalized spacial score (nSPS) is 28.1. The molecule has 0 aromatic heterocycles. The molecule has 19 heavy (non-hydrogen) atoms. The fraction of sp³-hybridized carbons (Fsp3) is 0.933. The van der Waals surface area contributed by atoms with Crippen molar-refractivity contribution in [2.45, 2.75) is 57.2 Å². The lowest BCUT2D eigenvalue weighted by Gasteiger charge is -2.39. The highest BCUT2D eigenvalue weighted by atomic mass is 16.5. The number of likely N-dealkylation sites (tertiary alicyclic amines) is 1. The van der Waals surface area contributed by atoms with Crippen molar-refractivity contribution in [3.8, 4) is 6.07 Å². The number of nitrogens with zero attached hydrogens (tertiary/aromatic N) is 2. The van der Waals surface area contributed by atoms with Gasteiger partial charge in [-0.1, -0.05) is 0 Å². The SMILES string of the molecule is COC1CCCN(CC(C#N)(NC(C)C)C2CC2)C1. The number of rotatable bonds is 6. The van der Waals surface area contributed by atoms with Crippen molar-refractivity contribution in [3.63, 3.8) is 0 Å². The van der Waals surface area contributed by atoms with Crippen molar-refractivity contribution in [2.24, 2.45) is 5.92 Å². The van der Waals surface area contributed by atoms with Gasteiger partial charge in [-0.05, 0) is 52.0 Å². The topological polar surface area (TPSA) is 48.3 Å². The average Bonchev–Trinajstić information content (AvgIpc) is 3.22. The van der Waals surface area contributed by atoms with Crippen LogP contribution in [0.15, 0.2) is 0 Å². The fourth-order valence-corrected chi connectivity index (χ4v) is 3.24. The van der Waals surface area contributed by atoms with Crippen molar-refractivity contribution in [2.75, 3.05) is 26.7 Å². The second kappa shape index (κ2) is 6.21. The van der Waals surface area contributed by atoms with Crippen molar-refractivity contribution >= 4 is 0 Å². The molecule has 0 bridgehead atoms. The molecule has 2 aliphatic rings. The van der Waals surface area contributed by atoms with Gasteiger partial charge in [-0.3, -0.25) is 10.2 Å². The summed E-state index contributed by atoms with van der Waals surface area (Å²) in [5.74, 6) is 0.530. The smallest absolute Gasteiger partial charge is 0.122 e. The predicted octanol–water partition coefficient (Wildman–Crippen LogP) is 1.77. The van der Waals surface area contributed by atoms with E-state index >= 15 is 0 Å². The van der Waals surface area contributed by atoms with Crippen LogP contribution in [0.25, 0.3) is 0 Å². The van der Waals surface area contributed by atoms with Crippen molar-refractivity contribution in [1.82, 2.24) is 10.2 Å². The van der Waals surface area contributed by atoms with Crippen LogP contribution in [-0.4, -0.2) is 49.3 Å². The number of ether oxygens (including phenoxy) is 1.